The summed E-state index contributed by atoms with van der Waals surface area (Å²) in [5, 5.41) is 3.50. The number of nitrogen functional groups attached to an aromatic ring is 1. The molecule has 0 bridgehead atoms. The third-order valence-electron chi connectivity index (χ3n) is 6.13. The molecule has 1 saturated heterocycles. The second kappa shape index (κ2) is 10.6. The van der Waals surface area contributed by atoms with Gasteiger partial charge >= 0.3 is 0 Å². The van der Waals surface area contributed by atoms with E-state index in [0.717, 1.165) is 48.7 Å². The van der Waals surface area contributed by atoms with Crippen LogP contribution in [-0.4, -0.2) is 34.4 Å². The van der Waals surface area contributed by atoms with Crippen molar-refractivity contribution in [1.82, 2.24) is 0 Å². The lowest BCUT2D eigenvalue weighted by atomic mass is 10.2. The smallest absolute Gasteiger partial charge is 0.250 e. The normalized spacial score (nSPS) is 17.1. The predicted octanol–water partition coefficient (Wildman–Crippen LogP) is 6.32. The van der Waals surface area contributed by atoms with Gasteiger partial charge in [-0.15, -0.1) is 0 Å². The second-order valence-corrected chi connectivity index (χ2v) is 14.5. The highest BCUT2D eigenvalue weighted by Crippen LogP contribution is 2.38. The molecule has 0 spiro atoms. The number of hydrogen-bond acceptors (Lipinski definition) is 6. The summed E-state index contributed by atoms with van der Waals surface area (Å²) < 4.78 is 23.4. The number of ether oxygens (including phenoxy) is 3. The maximum absolute atomic E-state index is 6.35. The molecule has 6 nitrogen and oxygen atoms in total. The molecule has 1 atom stereocenters. The van der Waals surface area contributed by atoms with E-state index in [9.17, 15) is 0 Å². The van der Waals surface area contributed by atoms with Crippen molar-refractivity contribution < 1.29 is 18.6 Å². The first-order valence-electron chi connectivity index (χ1n) is 11.5. The van der Waals surface area contributed by atoms with Crippen LogP contribution in [0.3, 0.4) is 0 Å². The van der Waals surface area contributed by atoms with Crippen LogP contribution in [0.4, 0.5) is 17.1 Å². The van der Waals surface area contributed by atoms with Gasteiger partial charge < -0.3 is 29.7 Å². The van der Waals surface area contributed by atoms with Crippen LogP contribution in [0.1, 0.15) is 40.0 Å². The largest absolute Gasteiger partial charge is 0.543 e. The monoisotopic (exact) mass is 458 g/mol. The van der Waals surface area contributed by atoms with E-state index in [1.807, 2.05) is 42.5 Å². The molecule has 0 amide bonds. The minimum absolute atomic E-state index is 0.0805. The topological polar surface area (TPSA) is 75.0 Å². The molecule has 1 aliphatic rings. The van der Waals surface area contributed by atoms with Gasteiger partial charge in [-0.1, -0.05) is 20.8 Å². The number of benzene rings is 2. The second-order valence-electron chi connectivity index (χ2n) is 9.78. The molecule has 3 rings (SSSR count). The zero-order chi connectivity index (χ0) is 23.2. The minimum Gasteiger partial charge on any atom is -0.543 e. The number of hydrogen-bond donors (Lipinski definition) is 2. The molecule has 1 heterocycles. The molecule has 3 N–H and O–H groups in total. The van der Waals surface area contributed by atoms with Gasteiger partial charge in [0.25, 0.3) is 0 Å². The lowest BCUT2D eigenvalue weighted by molar-refractivity contribution is -0.165. The Kier molecular flexibility index (Phi) is 8.09. The van der Waals surface area contributed by atoms with Crippen molar-refractivity contribution in [3.05, 3.63) is 42.5 Å². The molecule has 176 valence electrons. The molecule has 1 fully saturated rings. The standard InChI is InChI=1S/C25H38N2O4Si/c1-25(2,3)32(4,5)31-21-13-14-23(22(26)18-21)27-19-9-11-20(12-10-19)28-16-17-30-24-8-6-7-15-29-24/h9-14,18,24,27H,6-8,15-17,26H2,1-5H3. The number of nitrogens with two attached hydrogens (primary N) is 1. The summed E-state index contributed by atoms with van der Waals surface area (Å²) >= 11 is 0. The van der Waals surface area contributed by atoms with Crippen LogP contribution in [0.5, 0.6) is 11.5 Å². The van der Waals surface area contributed by atoms with Crippen LogP contribution in [0.2, 0.25) is 18.1 Å². The number of nitrogens with one attached hydrogen (secondary N) is 1. The highest BCUT2D eigenvalue weighted by molar-refractivity contribution is 6.74. The van der Waals surface area contributed by atoms with E-state index >= 15 is 0 Å². The number of rotatable bonds is 9. The van der Waals surface area contributed by atoms with E-state index in [4.69, 9.17) is 24.4 Å². The van der Waals surface area contributed by atoms with Gasteiger partial charge in [0.05, 0.1) is 18.0 Å². The average Bonchev–Trinajstić information content (AvgIpc) is 2.74. The lowest BCUT2D eigenvalue weighted by Crippen LogP contribution is -2.43. The minimum atomic E-state index is -1.90. The molecule has 0 aliphatic carbocycles. The van der Waals surface area contributed by atoms with Crippen molar-refractivity contribution in [3.63, 3.8) is 0 Å². The third-order valence-corrected chi connectivity index (χ3v) is 10.5. The Hall–Kier alpha value is -2.22. The molecule has 0 radical (unpaired) electrons. The van der Waals surface area contributed by atoms with Crippen LogP contribution in [0.15, 0.2) is 42.5 Å². The summed E-state index contributed by atoms with van der Waals surface area (Å²) in [6.45, 7) is 12.9. The van der Waals surface area contributed by atoms with Crippen molar-refractivity contribution in [2.45, 2.75) is 64.5 Å². The zero-order valence-corrected chi connectivity index (χ0v) is 21.1. The Bertz CT molecular complexity index is 859. The predicted molar refractivity (Wildman–Crippen MR) is 133 cm³/mol. The summed E-state index contributed by atoms with van der Waals surface area (Å²) in [6.07, 6.45) is 3.17. The van der Waals surface area contributed by atoms with E-state index < -0.39 is 8.32 Å². The maximum Gasteiger partial charge on any atom is 0.250 e. The zero-order valence-electron chi connectivity index (χ0n) is 20.1. The summed E-state index contributed by atoms with van der Waals surface area (Å²) in [5.41, 5.74) is 8.74. The van der Waals surface area contributed by atoms with Gasteiger partial charge in [0, 0.05) is 18.4 Å². The molecule has 32 heavy (non-hydrogen) atoms. The lowest BCUT2D eigenvalue weighted by Gasteiger charge is -2.36. The van der Waals surface area contributed by atoms with E-state index in [1.54, 1.807) is 0 Å². The molecule has 0 saturated carbocycles. The van der Waals surface area contributed by atoms with Crippen LogP contribution < -0.4 is 20.2 Å². The molecular formula is C25H38N2O4Si. The molecular weight excluding hydrogens is 420 g/mol. The Balaban J connectivity index is 1.49. The fourth-order valence-electron chi connectivity index (χ4n) is 3.14. The highest BCUT2D eigenvalue weighted by Gasteiger charge is 2.39. The summed E-state index contributed by atoms with van der Waals surface area (Å²) in [6, 6.07) is 13.7. The maximum atomic E-state index is 6.35. The van der Waals surface area contributed by atoms with Crippen molar-refractivity contribution in [2.24, 2.45) is 0 Å². The quantitative estimate of drug-likeness (QED) is 0.260. The van der Waals surface area contributed by atoms with Crippen LogP contribution >= 0.6 is 0 Å². The molecule has 1 aliphatic heterocycles. The highest BCUT2D eigenvalue weighted by atomic mass is 28.4. The molecule has 0 aromatic heterocycles. The Morgan fingerprint density at radius 1 is 1.03 bits per heavy atom. The van der Waals surface area contributed by atoms with Crippen molar-refractivity contribution in [3.8, 4) is 11.5 Å². The van der Waals surface area contributed by atoms with E-state index in [1.165, 1.54) is 0 Å². The number of anilines is 3. The van der Waals surface area contributed by atoms with E-state index in [-0.39, 0.29) is 11.3 Å². The Labute approximate surface area is 193 Å². The van der Waals surface area contributed by atoms with Crippen molar-refractivity contribution in [1.29, 1.82) is 0 Å². The van der Waals surface area contributed by atoms with Crippen molar-refractivity contribution >= 4 is 25.4 Å². The van der Waals surface area contributed by atoms with Crippen LogP contribution in [-0.2, 0) is 9.47 Å². The van der Waals surface area contributed by atoms with E-state index in [0.29, 0.717) is 18.9 Å². The summed E-state index contributed by atoms with van der Waals surface area (Å²) in [5.74, 6) is 1.62. The molecule has 1 unspecified atom stereocenters. The summed E-state index contributed by atoms with van der Waals surface area (Å²) in [4.78, 5) is 0. The third kappa shape index (κ3) is 6.89. The first-order valence-corrected chi connectivity index (χ1v) is 14.4. The Morgan fingerprint density at radius 3 is 2.38 bits per heavy atom. The van der Waals surface area contributed by atoms with Crippen LogP contribution in [0, 0.1) is 0 Å². The van der Waals surface area contributed by atoms with Crippen LogP contribution in [0.25, 0.3) is 0 Å². The van der Waals surface area contributed by atoms with Gasteiger partial charge in [0.15, 0.2) is 6.29 Å². The van der Waals surface area contributed by atoms with Gasteiger partial charge in [0.2, 0.25) is 8.32 Å². The Morgan fingerprint density at radius 2 is 1.75 bits per heavy atom. The van der Waals surface area contributed by atoms with Gasteiger partial charge in [0.1, 0.15) is 18.1 Å². The van der Waals surface area contributed by atoms with Gasteiger partial charge in [-0.3, -0.25) is 0 Å². The fraction of sp³-hybridized carbons (Fsp3) is 0.520. The SMILES string of the molecule is CC(C)(C)[Si](C)(C)Oc1ccc(Nc2ccc(OCCOC3CCCCO3)cc2)c(N)c1. The fourth-order valence-corrected chi connectivity index (χ4v) is 4.16. The molecule has 2 aromatic carbocycles. The van der Waals surface area contributed by atoms with Gasteiger partial charge in [-0.2, -0.15) is 0 Å². The van der Waals surface area contributed by atoms with Gasteiger partial charge in [-0.05, 0) is 73.8 Å². The van der Waals surface area contributed by atoms with Gasteiger partial charge in [-0.25, -0.2) is 0 Å². The average molecular weight is 459 g/mol. The van der Waals surface area contributed by atoms with E-state index in [2.05, 4.69) is 39.2 Å². The first kappa shape index (κ1) is 24.4. The first-order chi connectivity index (χ1) is 15.1. The summed E-state index contributed by atoms with van der Waals surface area (Å²) in [7, 11) is -1.90. The molecule has 2 aromatic rings. The van der Waals surface area contributed by atoms with Crippen molar-refractivity contribution in [2.75, 3.05) is 30.9 Å². The molecule has 7 heteroatoms.